The fraction of sp³-hybridized carbons (Fsp3) is 0. The quantitative estimate of drug-likeness (QED) is 0.370. The number of carbonyl (C=O) groups excluding carboxylic acids is 1. The van der Waals surface area contributed by atoms with Crippen LogP contribution in [-0.2, 0) is 9.59 Å². The summed E-state index contributed by atoms with van der Waals surface area (Å²) in [4.78, 5) is 20.5. The van der Waals surface area contributed by atoms with Crippen molar-refractivity contribution in [3.63, 3.8) is 0 Å². The van der Waals surface area contributed by atoms with Gasteiger partial charge in [0.2, 0.25) is 5.76 Å². The molecule has 0 aliphatic rings. The van der Waals surface area contributed by atoms with E-state index in [2.05, 4.69) is 6.58 Å². The van der Waals surface area contributed by atoms with Gasteiger partial charge in [-0.15, -0.1) is 0 Å². The number of carbonyl (C=O) groups is 2. The van der Waals surface area contributed by atoms with Gasteiger partial charge in [-0.1, -0.05) is 12.7 Å². The fourth-order valence-electron chi connectivity index (χ4n) is 0.373. The van der Waals surface area contributed by atoms with Gasteiger partial charge in [0.25, 0.3) is 0 Å². The molecule has 0 aliphatic carbocycles. The van der Waals surface area contributed by atoms with Crippen molar-refractivity contribution in [1.29, 1.82) is 0 Å². The fourth-order valence-corrected chi connectivity index (χ4v) is 0.373. The number of aliphatic hydroxyl groups is 1. The molecule has 0 aromatic rings. The van der Waals surface area contributed by atoms with Crippen LogP contribution in [0.15, 0.2) is 36.6 Å². The smallest absolute Gasteiger partial charge is 0.370 e. The molecule has 0 amide bonds. The van der Waals surface area contributed by atoms with E-state index >= 15 is 0 Å². The molecule has 0 unspecified atom stereocenters. The molecule has 4 heteroatoms. The van der Waals surface area contributed by atoms with Crippen molar-refractivity contribution in [3.05, 3.63) is 36.6 Å². The number of aliphatic hydroxyl groups excluding tert-OH is 1. The minimum atomic E-state index is -1.44. The van der Waals surface area contributed by atoms with Crippen molar-refractivity contribution >= 4 is 11.8 Å². The summed E-state index contributed by atoms with van der Waals surface area (Å²) in [7, 11) is 0. The SMILES string of the molecule is C=CC(=O)/C=C/C=C(\O)C(=O)O. The number of hydrogen-bond donors (Lipinski definition) is 2. The van der Waals surface area contributed by atoms with E-state index in [1.807, 2.05) is 0 Å². The van der Waals surface area contributed by atoms with Crippen molar-refractivity contribution in [2.45, 2.75) is 0 Å². The third-order valence-corrected chi connectivity index (χ3v) is 0.935. The van der Waals surface area contributed by atoms with Crippen LogP contribution in [0.1, 0.15) is 0 Å². The van der Waals surface area contributed by atoms with Gasteiger partial charge in [-0.3, -0.25) is 4.79 Å². The van der Waals surface area contributed by atoms with E-state index in [0.717, 1.165) is 24.3 Å². The van der Waals surface area contributed by atoms with Crippen LogP contribution in [0, 0.1) is 0 Å². The number of allylic oxidation sites excluding steroid dienone is 4. The zero-order valence-corrected chi connectivity index (χ0v) is 6.23. The number of rotatable bonds is 4. The van der Waals surface area contributed by atoms with E-state index in [9.17, 15) is 9.59 Å². The lowest BCUT2D eigenvalue weighted by atomic mass is 10.3. The first-order valence-electron chi connectivity index (χ1n) is 3.05. The van der Waals surface area contributed by atoms with E-state index in [1.54, 1.807) is 0 Å². The first-order chi connectivity index (χ1) is 5.57. The highest BCUT2D eigenvalue weighted by molar-refractivity contribution is 5.99. The molecule has 12 heavy (non-hydrogen) atoms. The summed E-state index contributed by atoms with van der Waals surface area (Å²) in [5, 5.41) is 16.7. The zero-order valence-electron chi connectivity index (χ0n) is 6.23. The molecular weight excluding hydrogens is 160 g/mol. The van der Waals surface area contributed by atoms with Gasteiger partial charge in [0.05, 0.1) is 0 Å². The van der Waals surface area contributed by atoms with Crippen molar-refractivity contribution in [1.82, 2.24) is 0 Å². The van der Waals surface area contributed by atoms with Crippen molar-refractivity contribution < 1.29 is 19.8 Å². The second-order valence-corrected chi connectivity index (χ2v) is 1.82. The molecule has 0 aliphatic heterocycles. The Bertz CT molecular complexity index is 260. The molecule has 0 aromatic carbocycles. The Morgan fingerprint density at radius 1 is 1.25 bits per heavy atom. The molecule has 0 fully saturated rings. The first kappa shape index (κ1) is 10.2. The highest BCUT2D eigenvalue weighted by atomic mass is 16.4. The Morgan fingerprint density at radius 3 is 2.25 bits per heavy atom. The largest absolute Gasteiger partial charge is 0.502 e. The molecular formula is C8H8O4. The lowest BCUT2D eigenvalue weighted by Crippen LogP contribution is -1.97. The number of carboxylic acid groups (broad SMARTS) is 1. The van der Waals surface area contributed by atoms with Crippen molar-refractivity contribution in [3.8, 4) is 0 Å². The molecule has 0 saturated heterocycles. The summed E-state index contributed by atoms with van der Waals surface area (Å²) in [6.45, 7) is 3.19. The number of carboxylic acids is 1. The summed E-state index contributed by atoms with van der Waals surface area (Å²) >= 11 is 0. The highest BCUT2D eigenvalue weighted by Gasteiger charge is 1.99. The molecule has 2 N–H and O–H groups in total. The van der Waals surface area contributed by atoms with E-state index in [4.69, 9.17) is 10.2 Å². The molecule has 0 atom stereocenters. The lowest BCUT2D eigenvalue weighted by molar-refractivity contribution is -0.135. The van der Waals surface area contributed by atoms with Gasteiger partial charge in [0, 0.05) is 0 Å². The average Bonchev–Trinajstić information content (AvgIpc) is 2.03. The molecule has 0 bridgehead atoms. The van der Waals surface area contributed by atoms with Crippen LogP contribution in [0.2, 0.25) is 0 Å². The van der Waals surface area contributed by atoms with E-state index in [0.29, 0.717) is 0 Å². The summed E-state index contributed by atoms with van der Waals surface area (Å²) in [5.41, 5.74) is 0. The Balaban J connectivity index is 4.21. The second kappa shape index (κ2) is 4.90. The van der Waals surface area contributed by atoms with Gasteiger partial charge in [0.1, 0.15) is 0 Å². The summed E-state index contributed by atoms with van der Waals surface area (Å²) in [5.74, 6) is -2.61. The van der Waals surface area contributed by atoms with Gasteiger partial charge < -0.3 is 10.2 Å². The Kier molecular flexibility index (Phi) is 4.15. The van der Waals surface area contributed by atoms with Gasteiger partial charge in [0.15, 0.2) is 5.78 Å². The van der Waals surface area contributed by atoms with Gasteiger partial charge in [-0.05, 0) is 18.2 Å². The molecule has 0 aromatic heterocycles. The highest BCUT2D eigenvalue weighted by Crippen LogP contribution is 1.89. The summed E-state index contributed by atoms with van der Waals surface area (Å²) in [6.07, 6.45) is 4.20. The maximum atomic E-state index is 10.5. The van der Waals surface area contributed by atoms with Gasteiger partial charge in [-0.2, -0.15) is 0 Å². The molecule has 4 nitrogen and oxygen atoms in total. The standard InChI is InChI=1S/C8H8O4/c1-2-6(9)4-3-5-7(10)8(11)12/h2-5,10H,1H2,(H,11,12)/b4-3+,7-5-. The Hall–Kier alpha value is -1.84. The predicted octanol–water partition coefficient (Wildman–Crippen LogP) is 0.824. The third kappa shape index (κ3) is 4.05. The first-order valence-corrected chi connectivity index (χ1v) is 3.05. The number of hydrogen-bond acceptors (Lipinski definition) is 3. The Labute approximate surface area is 69.1 Å². The van der Waals surface area contributed by atoms with Crippen LogP contribution in [0.4, 0.5) is 0 Å². The summed E-state index contributed by atoms with van der Waals surface area (Å²) in [6, 6.07) is 0. The normalized spacial score (nSPS) is 11.5. The minimum Gasteiger partial charge on any atom is -0.502 e. The molecule has 64 valence electrons. The van der Waals surface area contributed by atoms with Crippen LogP contribution in [0.25, 0.3) is 0 Å². The summed E-state index contributed by atoms with van der Waals surface area (Å²) < 4.78 is 0. The van der Waals surface area contributed by atoms with Crippen LogP contribution in [-0.4, -0.2) is 22.0 Å². The zero-order chi connectivity index (χ0) is 9.56. The Morgan fingerprint density at radius 2 is 1.83 bits per heavy atom. The number of ketones is 1. The molecule has 0 spiro atoms. The van der Waals surface area contributed by atoms with Crippen LogP contribution in [0.3, 0.4) is 0 Å². The average molecular weight is 168 g/mol. The second-order valence-electron chi connectivity index (χ2n) is 1.82. The van der Waals surface area contributed by atoms with Crippen LogP contribution >= 0.6 is 0 Å². The number of aliphatic carboxylic acids is 1. The van der Waals surface area contributed by atoms with E-state index in [-0.39, 0.29) is 5.78 Å². The van der Waals surface area contributed by atoms with Gasteiger partial charge >= 0.3 is 5.97 Å². The molecule has 0 rings (SSSR count). The maximum absolute atomic E-state index is 10.5. The topological polar surface area (TPSA) is 74.6 Å². The van der Waals surface area contributed by atoms with E-state index < -0.39 is 11.7 Å². The van der Waals surface area contributed by atoms with Crippen LogP contribution in [0.5, 0.6) is 0 Å². The van der Waals surface area contributed by atoms with Crippen molar-refractivity contribution in [2.75, 3.05) is 0 Å². The molecule has 0 heterocycles. The molecule has 0 radical (unpaired) electrons. The lowest BCUT2D eigenvalue weighted by Gasteiger charge is -1.85. The molecule has 0 saturated carbocycles. The minimum absolute atomic E-state index is 0.357. The van der Waals surface area contributed by atoms with Crippen molar-refractivity contribution in [2.24, 2.45) is 0 Å². The monoisotopic (exact) mass is 168 g/mol. The predicted molar refractivity (Wildman–Crippen MR) is 42.7 cm³/mol. The van der Waals surface area contributed by atoms with E-state index in [1.165, 1.54) is 0 Å². The maximum Gasteiger partial charge on any atom is 0.370 e. The van der Waals surface area contributed by atoms with Gasteiger partial charge in [-0.25, -0.2) is 4.79 Å². The third-order valence-electron chi connectivity index (χ3n) is 0.935. The van der Waals surface area contributed by atoms with Crippen LogP contribution < -0.4 is 0 Å².